The predicted molar refractivity (Wildman–Crippen MR) is 148 cm³/mol. The van der Waals surface area contributed by atoms with E-state index < -0.39 is 41.6 Å². The Morgan fingerprint density at radius 2 is 1.17 bits per heavy atom. The van der Waals surface area contributed by atoms with Gasteiger partial charge in [0.1, 0.15) is 11.6 Å². The normalized spacial score (nSPS) is 12.7. The van der Waals surface area contributed by atoms with Crippen LogP contribution in [0.5, 0.6) is 5.75 Å². The Labute approximate surface area is 231 Å². The molecule has 5 aromatic carbocycles. The number of rotatable bonds is 6. The van der Waals surface area contributed by atoms with E-state index in [0.717, 1.165) is 12.1 Å². The summed E-state index contributed by atoms with van der Waals surface area (Å²) in [5, 5.41) is 27.9. The van der Waals surface area contributed by atoms with E-state index in [1.807, 2.05) is 0 Å². The van der Waals surface area contributed by atoms with Crippen molar-refractivity contribution in [1.82, 2.24) is 0 Å². The standard InChI is InChI=1S/C26H18FN5O7S2/c27-14-1-3-15(4-2-14)29-30-22-9-10-23(19-11-16(40(34,35)36)5-6-18(19)22)31-32-24-8-7-21(28)20-12-17(41(37,38)39)13-25(33)26(20)24/h1-13,33H,28H2,(H,34,35,36)(H,37,38,39). The number of fused-ring (bicyclic) bond motifs is 2. The summed E-state index contributed by atoms with van der Waals surface area (Å²) < 4.78 is 79.1. The van der Waals surface area contributed by atoms with Crippen molar-refractivity contribution in [2.24, 2.45) is 20.5 Å². The molecule has 0 aliphatic carbocycles. The van der Waals surface area contributed by atoms with Gasteiger partial charge in [0.05, 0.1) is 37.9 Å². The third-order valence-corrected chi connectivity index (χ3v) is 7.66. The molecule has 0 amide bonds. The highest BCUT2D eigenvalue weighted by molar-refractivity contribution is 7.86. The van der Waals surface area contributed by atoms with Crippen molar-refractivity contribution in [2.45, 2.75) is 9.79 Å². The van der Waals surface area contributed by atoms with E-state index in [1.54, 1.807) is 0 Å². The second-order valence-corrected chi connectivity index (χ2v) is 11.5. The summed E-state index contributed by atoms with van der Waals surface area (Å²) in [6, 6.07) is 16.8. The Hall–Kier alpha value is -4.83. The zero-order valence-electron chi connectivity index (χ0n) is 20.5. The lowest BCUT2D eigenvalue weighted by molar-refractivity contribution is 0.471. The highest BCUT2D eigenvalue weighted by Gasteiger charge is 2.18. The van der Waals surface area contributed by atoms with Crippen LogP contribution in [0, 0.1) is 5.82 Å². The Kier molecular flexibility index (Phi) is 6.96. The van der Waals surface area contributed by atoms with Gasteiger partial charge in [0.25, 0.3) is 20.2 Å². The lowest BCUT2D eigenvalue weighted by Crippen LogP contribution is -1.98. The van der Waals surface area contributed by atoms with Crippen LogP contribution >= 0.6 is 0 Å². The summed E-state index contributed by atoms with van der Waals surface area (Å²) in [5.74, 6) is -0.977. The molecule has 0 aromatic heterocycles. The molecule has 0 spiro atoms. The molecule has 0 radical (unpaired) electrons. The minimum Gasteiger partial charge on any atom is -0.507 e. The van der Waals surface area contributed by atoms with Crippen molar-refractivity contribution in [3.8, 4) is 5.75 Å². The van der Waals surface area contributed by atoms with Crippen molar-refractivity contribution in [2.75, 3.05) is 5.73 Å². The van der Waals surface area contributed by atoms with Crippen LogP contribution in [0.4, 0.5) is 32.8 Å². The zero-order chi connectivity index (χ0) is 29.5. The molecule has 0 fully saturated rings. The Morgan fingerprint density at radius 1 is 0.610 bits per heavy atom. The van der Waals surface area contributed by atoms with Gasteiger partial charge in [-0.05, 0) is 66.7 Å². The molecule has 0 saturated heterocycles. The Bertz CT molecular complexity index is 2130. The Balaban J connectivity index is 1.65. The van der Waals surface area contributed by atoms with Crippen LogP contribution in [-0.4, -0.2) is 31.0 Å². The van der Waals surface area contributed by atoms with E-state index >= 15 is 0 Å². The van der Waals surface area contributed by atoms with Crippen molar-refractivity contribution in [1.29, 1.82) is 0 Å². The molecule has 0 atom stereocenters. The molecule has 0 heterocycles. The molecular formula is C26H18FN5O7S2. The summed E-state index contributed by atoms with van der Waals surface area (Å²) in [6.45, 7) is 0. The molecule has 5 rings (SSSR count). The predicted octanol–water partition coefficient (Wildman–Crippen LogP) is 6.74. The lowest BCUT2D eigenvalue weighted by Gasteiger charge is -2.09. The monoisotopic (exact) mass is 595 g/mol. The third-order valence-electron chi connectivity index (χ3n) is 5.98. The summed E-state index contributed by atoms with van der Waals surface area (Å²) in [4.78, 5) is -0.986. The molecule has 0 aliphatic heterocycles. The van der Waals surface area contributed by atoms with Gasteiger partial charge in [-0.2, -0.15) is 21.9 Å². The summed E-state index contributed by atoms with van der Waals surface area (Å²) in [6.07, 6.45) is 0. The minimum absolute atomic E-state index is 0.0498. The third kappa shape index (κ3) is 5.73. The van der Waals surface area contributed by atoms with Gasteiger partial charge in [-0.15, -0.1) is 15.3 Å². The first-order valence-corrected chi connectivity index (χ1v) is 14.4. The van der Waals surface area contributed by atoms with Crippen LogP contribution in [0.15, 0.2) is 109 Å². The maximum Gasteiger partial charge on any atom is 0.294 e. The fraction of sp³-hybridized carbons (Fsp3) is 0. The van der Waals surface area contributed by atoms with Crippen LogP contribution < -0.4 is 5.73 Å². The van der Waals surface area contributed by atoms with Gasteiger partial charge >= 0.3 is 0 Å². The van der Waals surface area contributed by atoms with Gasteiger partial charge in [-0.3, -0.25) is 9.11 Å². The highest BCUT2D eigenvalue weighted by Crippen LogP contribution is 2.41. The van der Waals surface area contributed by atoms with Crippen LogP contribution in [-0.2, 0) is 20.2 Å². The second kappa shape index (κ2) is 10.3. The van der Waals surface area contributed by atoms with Crippen molar-refractivity contribution in [3.63, 3.8) is 0 Å². The molecule has 0 bridgehead atoms. The number of halogens is 1. The number of hydrogen-bond donors (Lipinski definition) is 4. The number of nitrogens with zero attached hydrogens (tertiary/aromatic N) is 4. The maximum atomic E-state index is 13.2. The highest BCUT2D eigenvalue weighted by atomic mass is 32.2. The molecule has 41 heavy (non-hydrogen) atoms. The minimum atomic E-state index is -4.64. The van der Waals surface area contributed by atoms with Gasteiger partial charge in [0, 0.05) is 27.9 Å². The van der Waals surface area contributed by atoms with E-state index in [4.69, 9.17) is 5.73 Å². The molecule has 0 saturated carbocycles. The summed E-state index contributed by atoms with van der Waals surface area (Å²) >= 11 is 0. The lowest BCUT2D eigenvalue weighted by atomic mass is 10.1. The van der Waals surface area contributed by atoms with Crippen LogP contribution in [0.25, 0.3) is 21.5 Å². The van der Waals surface area contributed by atoms with Crippen molar-refractivity contribution >= 4 is 70.2 Å². The fourth-order valence-electron chi connectivity index (χ4n) is 4.03. The number of phenolic OH excluding ortho intramolecular Hbond substituents is 1. The van der Waals surface area contributed by atoms with Crippen molar-refractivity contribution in [3.05, 3.63) is 84.7 Å². The smallest absolute Gasteiger partial charge is 0.294 e. The number of hydrogen-bond acceptors (Lipinski definition) is 10. The number of nitrogen functional groups attached to an aromatic ring is 1. The largest absolute Gasteiger partial charge is 0.507 e. The maximum absolute atomic E-state index is 13.2. The second-order valence-electron chi connectivity index (χ2n) is 8.68. The first-order valence-electron chi connectivity index (χ1n) is 11.5. The molecule has 0 aliphatic rings. The first-order chi connectivity index (χ1) is 19.3. The number of azo groups is 2. The average molecular weight is 596 g/mol. The summed E-state index contributed by atoms with van der Waals surface area (Å²) in [7, 11) is -9.23. The Morgan fingerprint density at radius 3 is 1.83 bits per heavy atom. The SMILES string of the molecule is Nc1ccc(N=Nc2ccc(N=Nc3ccc(F)cc3)c3ccc(S(=O)(=O)O)cc23)c2c(O)cc(S(=O)(=O)O)cc12. The fourth-order valence-corrected chi connectivity index (χ4v) is 5.06. The van der Waals surface area contributed by atoms with Crippen molar-refractivity contribution < 1.29 is 35.4 Å². The molecule has 12 nitrogen and oxygen atoms in total. The van der Waals surface area contributed by atoms with E-state index in [0.29, 0.717) is 16.8 Å². The molecule has 15 heteroatoms. The molecule has 208 valence electrons. The molecule has 5 aromatic rings. The topological polar surface area (TPSA) is 204 Å². The number of benzene rings is 5. The molecule has 5 N–H and O–H groups in total. The van der Waals surface area contributed by atoms with Gasteiger partial charge in [0.15, 0.2) is 0 Å². The van der Waals surface area contributed by atoms with E-state index in [9.17, 15) is 35.4 Å². The molecular weight excluding hydrogens is 577 g/mol. The van der Waals surface area contributed by atoms with E-state index in [2.05, 4.69) is 20.5 Å². The van der Waals surface area contributed by atoms with Gasteiger partial charge in [-0.1, -0.05) is 6.07 Å². The van der Waals surface area contributed by atoms with Crippen LogP contribution in [0.2, 0.25) is 0 Å². The van der Waals surface area contributed by atoms with E-state index in [-0.39, 0.29) is 33.2 Å². The number of anilines is 1. The zero-order valence-corrected chi connectivity index (χ0v) is 22.2. The molecule has 0 unspecified atom stereocenters. The number of aromatic hydroxyl groups is 1. The van der Waals surface area contributed by atoms with Gasteiger partial charge in [-0.25, -0.2) is 4.39 Å². The number of phenols is 1. The van der Waals surface area contributed by atoms with Gasteiger partial charge < -0.3 is 10.8 Å². The number of nitrogens with two attached hydrogens (primary N) is 1. The first kappa shape index (κ1) is 27.7. The average Bonchev–Trinajstić information content (AvgIpc) is 2.91. The van der Waals surface area contributed by atoms with Gasteiger partial charge in [0.2, 0.25) is 0 Å². The summed E-state index contributed by atoms with van der Waals surface area (Å²) in [5.41, 5.74) is 6.95. The van der Waals surface area contributed by atoms with Crippen LogP contribution in [0.3, 0.4) is 0 Å². The quantitative estimate of drug-likeness (QED) is 0.0936. The van der Waals surface area contributed by atoms with E-state index in [1.165, 1.54) is 66.7 Å². The van der Waals surface area contributed by atoms with Crippen LogP contribution in [0.1, 0.15) is 0 Å².